The summed E-state index contributed by atoms with van der Waals surface area (Å²) in [5.41, 5.74) is 0.452. The Hall–Kier alpha value is -2.02. The predicted octanol–water partition coefficient (Wildman–Crippen LogP) is 0.341. The van der Waals surface area contributed by atoms with Crippen LogP contribution in [-0.4, -0.2) is 51.7 Å². The van der Waals surface area contributed by atoms with Crippen LogP contribution in [0.3, 0.4) is 0 Å². The number of halogens is 1. The zero-order chi connectivity index (χ0) is 12.5. The van der Waals surface area contributed by atoms with E-state index < -0.39 is 5.82 Å². The molecule has 0 N–H and O–H groups in total. The Morgan fingerprint density at radius 2 is 2.06 bits per heavy atom. The first kappa shape index (κ1) is 11.1. The molecule has 3 rings (SSSR count). The van der Waals surface area contributed by atoms with Crippen LogP contribution in [0.15, 0.2) is 18.3 Å². The molecule has 1 amide bonds. The van der Waals surface area contributed by atoms with Gasteiger partial charge in [-0.1, -0.05) is 0 Å². The molecule has 2 aromatic rings. The average Bonchev–Trinajstić information content (AvgIpc) is 2.82. The number of pyridine rings is 1. The summed E-state index contributed by atoms with van der Waals surface area (Å²) < 4.78 is 19.7. The topological polar surface area (TPSA) is 59.7 Å². The normalized spacial score (nSPS) is 16.2. The van der Waals surface area contributed by atoms with Crippen molar-refractivity contribution in [1.82, 2.24) is 19.5 Å². The van der Waals surface area contributed by atoms with E-state index in [1.807, 2.05) is 0 Å². The first-order chi connectivity index (χ1) is 8.75. The van der Waals surface area contributed by atoms with Gasteiger partial charge in [0.1, 0.15) is 5.82 Å². The predicted molar refractivity (Wildman–Crippen MR) is 59.7 cm³/mol. The van der Waals surface area contributed by atoms with Crippen molar-refractivity contribution < 1.29 is 13.9 Å². The van der Waals surface area contributed by atoms with E-state index >= 15 is 0 Å². The molecule has 2 aromatic heterocycles. The molecule has 0 spiro atoms. The number of aromatic nitrogens is 3. The average molecular weight is 250 g/mol. The number of fused-ring (bicyclic) bond motifs is 1. The van der Waals surface area contributed by atoms with Crippen LogP contribution in [0.4, 0.5) is 4.39 Å². The van der Waals surface area contributed by atoms with Crippen LogP contribution in [0.25, 0.3) is 5.65 Å². The van der Waals surface area contributed by atoms with Crippen molar-refractivity contribution in [2.75, 3.05) is 26.3 Å². The number of carbonyl (C=O) groups excluding carboxylic acids is 1. The van der Waals surface area contributed by atoms with Crippen molar-refractivity contribution in [3.8, 4) is 0 Å². The summed E-state index contributed by atoms with van der Waals surface area (Å²) in [6.07, 6.45) is 1.21. The lowest BCUT2D eigenvalue weighted by molar-refractivity contribution is 0.0294. The van der Waals surface area contributed by atoms with E-state index in [4.69, 9.17) is 4.74 Å². The summed E-state index contributed by atoms with van der Waals surface area (Å²) in [4.78, 5) is 13.8. The highest BCUT2D eigenvalue weighted by molar-refractivity contribution is 5.91. The van der Waals surface area contributed by atoms with Gasteiger partial charge in [-0.15, -0.1) is 10.2 Å². The third kappa shape index (κ3) is 1.82. The Bertz CT molecular complexity index is 592. The van der Waals surface area contributed by atoms with Gasteiger partial charge in [-0.3, -0.25) is 9.20 Å². The van der Waals surface area contributed by atoms with Gasteiger partial charge >= 0.3 is 0 Å². The maximum Gasteiger partial charge on any atom is 0.292 e. The molecule has 6 nitrogen and oxygen atoms in total. The quantitative estimate of drug-likeness (QED) is 0.732. The number of nitrogens with zero attached hydrogens (tertiary/aromatic N) is 4. The first-order valence-electron chi connectivity index (χ1n) is 5.63. The molecule has 94 valence electrons. The number of hydrogen-bond donors (Lipinski definition) is 0. The van der Waals surface area contributed by atoms with Gasteiger partial charge in [-0.05, 0) is 12.1 Å². The molecule has 18 heavy (non-hydrogen) atoms. The minimum Gasteiger partial charge on any atom is -0.378 e. The molecule has 3 heterocycles. The first-order valence-corrected chi connectivity index (χ1v) is 5.63. The molecule has 0 aromatic carbocycles. The fraction of sp³-hybridized carbons (Fsp3) is 0.364. The van der Waals surface area contributed by atoms with Gasteiger partial charge in [0.05, 0.1) is 13.2 Å². The second-order valence-electron chi connectivity index (χ2n) is 4.00. The van der Waals surface area contributed by atoms with Crippen LogP contribution in [0.1, 0.15) is 10.6 Å². The van der Waals surface area contributed by atoms with E-state index in [9.17, 15) is 9.18 Å². The van der Waals surface area contributed by atoms with Crippen LogP contribution < -0.4 is 0 Å². The van der Waals surface area contributed by atoms with E-state index in [1.165, 1.54) is 22.7 Å². The molecule has 0 aliphatic carbocycles. The molecule has 1 aliphatic rings. The van der Waals surface area contributed by atoms with E-state index in [2.05, 4.69) is 10.2 Å². The van der Waals surface area contributed by atoms with Crippen molar-refractivity contribution in [3.05, 3.63) is 30.0 Å². The molecular weight excluding hydrogens is 239 g/mol. The van der Waals surface area contributed by atoms with Crippen LogP contribution in [0.5, 0.6) is 0 Å². The molecular formula is C11H11FN4O2. The lowest BCUT2D eigenvalue weighted by Crippen LogP contribution is -2.41. The van der Waals surface area contributed by atoms with Gasteiger partial charge in [0.15, 0.2) is 5.65 Å². The zero-order valence-electron chi connectivity index (χ0n) is 9.54. The lowest BCUT2D eigenvalue weighted by Gasteiger charge is -2.25. The van der Waals surface area contributed by atoms with Gasteiger partial charge in [-0.25, -0.2) is 4.39 Å². The van der Waals surface area contributed by atoms with Gasteiger partial charge in [0.25, 0.3) is 5.91 Å². The molecule has 7 heteroatoms. The Kier molecular flexibility index (Phi) is 2.67. The van der Waals surface area contributed by atoms with Crippen molar-refractivity contribution in [3.63, 3.8) is 0 Å². The zero-order valence-corrected chi connectivity index (χ0v) is 9.54. The number of ether oxygens (including phenoxy) is 1. The SMILES string of the molecule is O=C(c1nnc2ccc(F)cn12)N1CCOCC1. The van der Waals surface area contributed by atoms with Gasteiger partial charge in [0, 0.05) is 19.3 Å². The lowest BCUT2D eigenvalue weighted by atomic mass is 10.4. The highest BCUT2D eigenvalue weighted by Gasteiger charge is 2.23. The number of carbonyl (C=O) groups is 1. The Morgan fingerprint density at radius 3 is 2.83 bits per heavy atom. The maximum absolute atomic E-state index is 13.2. The minimum atomic E-state index is -0.432. The van der Waals surface area contributed by atoms with Crippen molar-refractivity contribution in [2.45, 2.75) is 0 Å². The third-order valence-electron chi connectivity index (χ3n) is 2.86. The molecule has 0 bridgehead atoms. The summed E-state index contributed by atoms with van der Waals surface area (Å²) in [7, 11) is 0. The van der Waals surface area contributed by atoms with E-state index in [-0.39, 0.29) is 11.7 Å². The molecule has 0 atom stereocenters. The van der Waals surface area contributed by atoms with Crippen LogP contribution in [0, 0.1) is 5.82 Å². The summed E-state index contributed by atoms with van der Waals surface area (Å²) in [6.45, 7) is 2.06. The highest BCUT2D eigenvalue weighted by atomic mass is 19.1. The van der Waals surface area contributed by atoms with Crippen molar-refractivity contribution in [2.24, 2.45) is 0 Å². The Labute approximate surface area is 102 Å². The summed E-state index contributed by atoms with van der Waals surface area (Å²) in [5, 5.41) is 7.67. The van der Waals surface area contributed by atoms with E-state index in [1.54, 1.807) is 4.90 Å². The number of morpholine rings is 1. The smallest absolute Gasteiger partial charge is 0.292 e. The molecule has 1 saturated heterocycles. The highest BCUT2D eigenvalue weighted by Crippen LogP contribution is 2.09. The van der Waals surface area contributed by atoms with Gasteiger partial charge in [-0.2, -0.15) is 0 Å². The standard InChI is InChI=1S/C11H11FN4O2/c12-8-1-2-9-13-14-10(16(9)7-8)11(17)15-3-5-18-6-4-15/h1-2,7H,3-6H2. The summed E-state index contributed by atoms with van der Waals surface area (Å²) in [6, 6.07) is 2.77. The maximum atomic E-state index is 13.2. The third-order valence-corrected chi connectivity index (χ3v) is 2.86. The van der Waals surface area contributed by atoms with Gasteiger partial charge in [0.2, 0.25) is 5.82 Å². The molecule has 1 aliphatic heterocycles. The number of hydrogen-bond acceptors (Lipinski definition) is 4. The Balaban J connectivity index is 1.98. The molecule has 0 radical (unpaired) electrons. The van der Waals surface area contributed by atoms with Crippen LogP contribution >= 0.6 is 0 Å². The second-order valence-corrected chi connectivity index (χ2v) is 4.00. The fourth-order valence-corrected chi connectivity index (χ4v) is 1.92. The number of amides is 1. The van der Waals surface area contributed by atoms with Crippen LogP contribution in [0.2, 0.25) is 0 Å². The molecule has 0 saturated carbocycles. The van der Waals surface area contributed by atoms with Crippen molar-refractivity contribution >= 4 is 11.6 Å². The van der Waals surface area contributed by atoms with E-state index in [0.717, 1.165) is 0 Å². The van der Waals surface area contributed by atoms with Crippen LogP contribution in [-0.2, 0) is 4.74 Å². The molecule has 1 fully saturated rings. The number of rotatable bonds is 1. The minimum absolute atomic E-state index is 0.131. The Morgan fingerprint density at radius 1 is 1.28 bits per heavy atom. The van der Waals surface area contributed by atoms with Crippen molar-refractivity contribution in [1.29, 1.82) is 0 Å². The second kappa shape index (κ2) is 4.34. The summed E-state index contributed by atoms with van der Waals surface area (Å²) >= 11 is 0. The molecule has 0 unspecified atom stereocenters. The van der Waals surface area contributed by atoms with E-state index in [0.29, 0.717) is 32.0 Å². The fourth-order valence-electron chi connectivity index (χ4n) is 1.92. The largest absolute Gasteiger partial charge is 0.378 e. The monoisotopic (exact) mass is 250 g/mol. The van der Waals surface area contributed by atoms with Gasteiger partial charge < -0.3 is 9.64 Å². The summed E-state index contributed by atoms with van der Waals surface area (Å²) in [5.74, 6) is -0.555.